The van der Waals surface area contributed by atoms with E-state index in [4.69, 9.17) is 14.2 Å². The second-order valence-electron chi connectivity index (χ2n) is 7.18. The Morgan fingerprint density at radius 3 is 1.31 bits per heavy atom. The topological polar surface area (TPSA) is 39.7 Å². The molecule has 0 rings (SSSR count). The first-order chi connectivity index (χ1) is 12.9. The van der Waals surface area contributed by atoms with Gasteiger partial charge in [-0.2, -0.15) is 0 Å². The Balaban J connectivity index is 2.95. The summed E-state index contributed by atoms with van der Waals surface area (Å²) < 4.78 is 16.4. The highest BCUT2D eigenvalue weighted by Crippen LogP contribution is 2.12. The molecule has 0 aliphatic rings. The number of likely N-dealkylation sites (N-methyl/N-ethyl adjacent to an activating group) is 1. The first-order valence-electron chi connectivity index (χ1n) is 11.3. The van der Waals surface area contributed by atoms with Crippen molar-refractivity contribution in [1.82, 2.24) is 5.32 Å². The van der Waals surface area contributed by atoms with Crippen LogP contribution in [0.3, 0.4) is 0 Å². The highest BCUT2D eigenvalue weighted by Gasteiger charge is 1.95. The van der Waals surface area contributed by atoms with Gasteiger partial charge in [0.1, 0.15) is 0 Å². The fraction of sp³-hybridized carbons (Fsp3) is 1.00. The molecule has 0 heterocycles. The molecule has 26 heavy (non-hydrogen) atoms. The average molecular weight is 374 g/mol. The van der Waals surface area contributed by atoms with Gasteiger partial charge in [0, 0.05) is 13.2 Å². The summed E-state index contributed by atoms with van der Waals surface area (Å²) in [6, 6.07) is 0. The van der Waals surface area contributed by atoms with Gasteiger partial charge in [-0.15, -0.1) is 0 Å². The predicted molar refractivity (Wildman–Crippen MR) is 112 cm³/mol. The van der Waals surface area contributed by atoms with E-state index in [1.165, 1.54) is 83.5 Å². The molecule has 4 heteroatoms. The van der Waals surface area contributed by atoms with Crippen LogP contribution < -0.4 is 5.32 Å². The van der Waals surface area contributed by atoms with E-state index in [0.717, 1.165) is 19.8 Å². The molecule has 0 radical (unpaired) electrons. The molecule has 0 amide bonds. The molecule has 0 bridgehead atoms. The largest absolute Gasteiger partial charge is 0.379 e. The summed E-state index contributed by atoms with van der Waals surface area (Å²) in [6.07, 6.45) is 18.1. The van der Waals surface area contributed by atoms with Crippen LogP contribution in [0, 0.1) is 0 Å². The maximum absolute atomic E-state index is 5.60. The second kappa shape index (κ2) is 24.8. The Kier molecular flexibility index (Phi) is 24.7. The van der Waals surface area contributed by atoms with E-state index >= 15 is 0 Å². The summed E-state index contributed by atoms with van der Waals surface area (Å²) in [5, 5.41) is 3.04. The van der Waals surface area contributed by atoms with Crippen molar-refractivity contribution in [2.45, 2.75) is 90.4 Å². The van der Waals surface area contributed by atoms with Crippen LogP contribution in [0.1, 0.15) is 90.4 Å². The van der Waals surface area contributed by atoms with Crippen LogP contribution in [0.5, 0.6) is 0 Å². The van der Waals surface area contributed by atoms with E-state index in [9.17, 15) is 0 Å². The van der Waals surface area contributed by atoms with Gasteiger partial charge in [0.05, 0.1) is 33.0 Å². The van der Waals surface area contributed by atoms with Crippen molar-refractivity contribution in [3.8, 4) is 0 Å². The monoisotopic (exact) mass is 373 g/mol. The third kappa shape index (κ3) is 23.8. The van der Waals surface area contributed by atoms with Gasteiger partial charge >= 0.3 is 0 Å². The molecule has 0 aliphatic carbocycles. The molecule has 0 aliphatic heterocycles. The first kappa shape index (κ1) is 25.8. The predicted octanol–water partition coefficient (Wildman–Crippen LogP) is 5.35. The van der Waals surface area contributed by atoms with Gasteiger partial charge in [-0.05, 0) is 13.5 Å². The SMILES string of the molecule is CCCCCCCCCCCCCCCOCCOCCOCCNC. The van der Waals surface area contributed by atoms with E-state index < -0.39 is 0 Å². The van der Waals surface area contributed by atoms with E-state index in [1.54, 1.807) is 0 Å². The van der Waals surface area contributed by atoms with Crippen molar-refractivity contribution in [2.75, 3.05) is 53.2 Å². The van der Waals surface area contributed by atoms with Crippen LogP contribution in [0.4, 0.5) is 0 Å². The third-order valence-electron chi connectivity index (χ3n) is 4.63. The van der Waals surface area contributed by atoms with Crippen LogP contribution in [0.25, 0.3) is 0 Å². The standard InChI is InChI=1S/C22H47NO3/c1-3-4-5-6-7-8-9-10-11-12-13-14-15-17-24-19-21-26-22-20-25-18-16-23-2/h23H,3-22H2,1-2H3. The van der Waals surface area contributed by atoms with Crippen LogP contribution >= 0.6 is 0 Å². The van der Waals surface area contributed by atoms with E-state index in [1.807, 2.05) is 7.05 Å². The molecule has 0 saturated heterocycles. The molecule has 4 nitrogen and oxygen atoms in total. The van der Waals surface area contributed by atoms with Crippen molar-refractivity contribution in [1.29, 1.82) is 0 Å². The summed E-state index contributed by atoms with van der Waals surface area (Å²) in [7, 11) is 1.93. The summed E-state index contributed by atoms with van der Waals surface area (Å²) in [5.41, 5.74) is 0. The molecule has 0 atom stereocenters. The van der Waals surface area contributed by atoms with Crippen molar-refractivity contribution in [3.05, 3.63) is 0 Å². The number of unbranched alkanes of at least 4 members (excludes halogenated alkanes) is 12. The van der Waals surface area contributed by atoms with Crippen LogP contribution in [-0.4, -0.2) is 53.2 Å². The molecule has 0 saturated carbocycles. The van der Waals surface area contributed by atoms with E-state index in [-0.39, 0.29) is 0 Å². The molecule has 0 aromatic heterocycles. The lowest BCUT2D eigenvalue weighted by Crippen LogP contribution is -2.16. The maximum Gasteiger partial charge on any atom is 0.0701 e. The van der Waals surface area contributed by atoms with Crippen molar-refractivity contribution < 1.29 is 14.2 Å². The van der Waals surface area contributed by atoms with Crippen molar-refractivity contribution in [3.63, 3.8) is 0 Å². The molecule has 0 aromatic carbocycles. The molecule has 0 fully saturated rings. The second-order valence-corrected chi connectivity index (χ2v) is 7.18. The minimum absolute atomic E-state index is 0.659. The summed E-state index contributed by atoms with van der Waals surface area (Å²) in [5.74, 6) is 0. The minimum Gasteiger partial charge on any atom is -0.379 e. The third-order valence-corrected chi connectivity index (χ3v) is 4.63. The average Bonchev–Trinajstić information content (AvgIpc) is 2.66. The van der Waals surface area contributed by atoms with E-state index in [0.29, 0.717) is 26.4 Å². The van der Waals surface area contributed by atoms with Gasteiger partial charge in [0.25, 0.3) is 0 Å². The number of nitrogens with one attached hydrogen (secondary N) is 1. The van der Waals surface area contributed by atoms with Crippen molar-refractivity contribution in [2.24, 2.45) is 0 Å². The Labute approximate surface area is 163 Å². The highest BCUT2D eigenvalue weighted by atomic mass is 16.5. The smallest absolute Gasteiger partial charge is 0.0701 e. The van der Waals surface area contributed by atoms with Gasteiger partial charge < -0.3 is 19.5 Å². The molecular formula is C22H47NO3. The van der Waals surface area contributed by atoms with Gasteiger partial charge in [-0.25, -0.2) is 0 Å². The molecular weight excluding hydrogens is 326 g/mol. The lowest BCUT2D eigenvalue weighted by molar-refractivity contribution is 0.0146. The van der Waals surface area contributed by atoms with Gasteiger partial charge in [0.2, 0.25) is 0 Å². The Morgan fingerprint density at radius 2 is 0.846 bits per heavy atom. The Hall–Kier alpha value is -0.160. The molecule has 0 aromatic rings. The lowest BCUT2D eigenvalue weighted by atomic mass is 10.0. The van der Waals surface area contributed by atoms with Gasteiger partial charge in [-0.3, -0.25) is 0 Å². The van der Waals surface area contributed by atoms with E-state index in [2.05, 4.69) is 12.2 Å². The summed E-state index contributed by atoms with van der Waals surface area (Å²) in [6.45, 7) is 7.50. The number of ether oxygens (including phenoxy) is 3. The van der Waals surface area contributed by atoms with Gasteiger partial charge in [0.15, 0.2) is 0 Å². The molecule has 0 spiro atoms. The zero-order valence-corrected chi connectivity index (χ0v) is 17.9. The maximum atomic E-state index is 5.60. The lowest BCUT2D eigenvalue weighted by Gasteiger charge is -2.07. The van der Waals surface area contributed by atoms with Crippen LogP contribution in [0.15, 0.2) is 0 Å². The van der Waals surface area contributed by atoms with Gasteiger partial charge in [-0.1, -0.05) is 84.0 Å². The van der Waals surface area contributed by atoms with Crippen molar-refractivity contribution >= 4 is 0 Å². The zero-order valence-electron chi connectivity index (χ0n) is 17.9. The number of hydrogen-bond donors (Lipinski definition) is 1. The fourth-order valence-corrected chi connectivity index (χ4v) is 2.94. The first-order valence-corrected chi connectivity index (χ1v) is 11.3. The van der Waals surface area contributed by atoms with Crippen LogP contribution in [0.2, 0.25) is 0 Å². The summed E-state index contributed by atoms with van der Waals surface area (Å²) in [4.78, 5) is 0. The highest BCUT2D eigenvalue weighted by molar-refractivity contribution is 4.49. The molecule has 0 unspecified atom stereocenters. The molecule has 158 valence electrons. The molecule has 1 N–H and O–H groups in total. The number of hydrogen-bond acceptors (Lipinski definition) is 4. The van der Waals surface area contributed by atoms with Crippen LogP contribution in [-0.2, 0) is 14.2 Å². The summed E-state index contributed by atoms with van der Waals surface area (Å²) >= 11 is 0. The minimum atomic E-state index is 0.659. The Morgan fingerprint density at radius 1 is 0.462 bits per heavy atom. The fourth-order valence-electron chi connectivity index (χ4n) is 2.94. The quantitative estimate of drug-likeness (QED) is 0.245. The number of rotatable bonds is 23. The zero-order chi connectivity index (χ0) is 19.0. The normalized spacial score (nSPS) is 11.3. The Bertz CT molecular complexity index is 215.